The lowest BCUT2D eigenvalue weighted by Crippen LogP contribution is -2.28. The Labute approximate surface area is 108 Å². The molecule has 0 aliphatic heterocycles. The van der Waals surface area contributed by atoms with Crippen LogP contribution < -0.4 is 15.4 Å². The summed E-state index contributed by atoms with van der Waals surface area (Å²) in [7, 11) is 0. The van der Waals surface area contributed by atoms with Crippen LogP contribution in [0, 0.1) is 0 Å². The zero-order valence-corrected chi connectivity index (χ0v) is 10.7. The Morgan fingerprint density at radius 2 is 1.94 bits per heavy atom. The maximum Gasteiger partial charge on any atom is 0.319 e. The van der Waals surface area contributed by atoms with Gasteiger partial charge < -0.3 is 15.4 Å². The summed E-state index contributed by atoms with van der Waals surface area (Å²) in [5.74, 6) is 0.878. The van der Waals surface area contributed by atoms with Gasteiger partial charge >= 0.3 is 6.03 Å². The van der Waals surface area contributed by atoms with E-state index in [4.69, 9.17) is 4.74 Å². The Balaban J connectivity index is 1.86. The highest BCUT2D eigenvalue weighted by Gasteiger charge is 2.16. The molecule has 1 aliphatic rings. The lowest BCUT2D eigenvalue weighted by Gasteiger charge is -2.13. The van der Waals surface area contributed by atoms with Crippen molar-refractivity contribution in [2.45, 2.75) is 38.7 Å². The quantitative estimate of drug-likeness (QED) is 0.860. The zero-order chi connectivity index (χ0) is 12.8. The van der Waals surface area contributed by atoms with Crippen LogP contribution in [0.3, 0.4) is 0 Å². The topological polar surface area (TPSA) is 50.4 Å². The van der Waals surface area contributed by atoms with Crippen LogP contribution in [-0.2, 0) is 0 Å². The molecule has 4 nitrogen and oxygen atoms in total. The minimum absolute atomic E-state index is 0.179. The third-order valence-corrected chi connectivity index (χ3v) is 3.05. The first-order chi connectivity index (χ1) is 8.78. The fourth-order valence-corrected chi connectivity index (χ4v) is 2.15. The fourth-order valence-electron chi connectivity index (χ4n) is 2.15. The van der Waals surface area contributed by atoms with Gasteiger partial charge in [-0.2, -0.15) is 0 Å². The lowest BCUT2D eigenvalue weighted by molar-refractivity contribution is 0.210. The molecular weight excluding hydrogens is 228 g/mol. The third-order valence-electron chi connectivity index (χ3n) is 3.05. The normalized spacial score (nSPS) is 15.4. The molecule has 0 atom stereocenters. The lowest BCUT2D eigenvalue weighted by atomic mass is 10.3. The number of nitrogens with one attached hydrogen (secondary N) is 2. The number of benzene rings is 1. The summed E-state index contributed by atoms with van der Waals surface area (Å²) >= 11 is 0. The Bertz CT molecular complexity index is 383. The van der Waals surface area contributed by atoms with E-state index in [1.807, 2.05) is 31.2 Å². The average molecular weight is 248 g/mol. The Morgan fingerprint density at radius 1 is 1.28 bits per heavy atom. The molecule has 4 heteroatoms. The summed E-state index contributed by atoms with van der Waals surface area (Å²) in [6.45, 7) is 2.51. The monoisotopic (exact) mass is 248 g/mol. The number of rotatable bonds is 4. The van der Waals surface area contributed by atoms with Gasteiger partial charge in [0.15, 0.2) is 0 Å². The minimum atomic E-state index is -0.179. The Kier molecular flexibility index (Phi) is 4.45. The molecule has 98 valence electrons. The number of carbonyl (C=O) groups is 1. The van der Waals surface area contributed by atoms with E-state index in [0.29, 0.717) is 12.6 Å². The standard InChI is InChI=1S/C14H20N2O2/c1-2-15-14(17)16-11-7-9-13(10-8-11)18-12-5-3-4-6-12/h7-10,12H,2-6H2,1H3,(H2,15,16,17). The molecule has 2 rings (SSSR count). The Hall–Kier alpha value is -1.71. The van der Waals surface area contributed by atoms with E-state index in [9.17, 15) is 4.79 Å². The molecule has 0 heterocycles. The molecular formula is C14H20N2O2. The molecule has 0 saturated heterocycles. The number of carbonyl (C=O) groups excluding carboxylic acids is 1. The molecule has 1 aromatic carbocycles. The molecule has 0 spiro atoms. The van der Waals surface area contributed by atoms with Gasteiger partial charge in [-0.15, -0.1) is 0 Å². The third kappa shape index (κ3) is 3.65. The summed E-state index contributed by atoms with van der Waals surface area (Å²) in [4.78, 5) is 11.3. The van der Waals surface area contributed by atoms with Crippen molar-refractivity contribution < 1.29 is 9.53 Å². The van der Waals surface area contributed by atoms with E-state index < -0.39 is 0 Å². The molecule has 0 aromatic heterocycles. The average Bonchev–Trinajstić information content (AvgIpc) is 2.85. The molecule has 0 unspecified atom stereocenters. The number of hydrogen-bond donors (Lipinski definition) is 2. The highest BCUT2D eigenvalue weighted by Crippen LogP contribution is 2.24. The highest BCUT2D eigenvalue weighted by molar-refractivity contribution is 5.89. The largest absolute Gasteiger partial charge is 0.490 e. The van der Waals surface area contributed by atoms with Gasteiger partial charge in [-0.05, 0) is 56.9 Å². The summed E-state index contributed by atoms with van der Waals surface area (Å²) < 4.78 is 5.85. The highest BCUT2D eigenvalue weighted by atomic mass is 16.5. The van der Waals surface area contributed by atoms with Crippen molar-refractivity contribution in [1.82, 2.24) is 5.32 Å². The van der Waals surface area contributed by atoms with E-state index in [0.717, 1.165) is 24.3 Å². The van der Waals surface area contributed by atoms with Gasteiger partial charge in [0.05, 0.1) is 6.10 Å². The molecule has 1 saturated carbocycles. The number of anilines is 1. The molecule has 1 aliphatic carbocycles. The molecule has 18 heavy (non-hydrogen) atoms. The molecule has 1 fully saturated rings. The number of ether oxygens (including phenoxy) is 1. The molecule has 1 aromatic rings. The van der Waals surface area contributed by atoms with Crippen LogP contribution >= 0.6 is 0 Å². The van der Waals surface area contributed by atoms with Crippen molar-refractivity contribution >= 4 is 11.7 Å². The zero-order valence-electron chi connectivity index (χ0n) is 10.7. The molecule has 2 N–H and O–H groups in total. The summed E-state index contributed by atoms with van der Waals surface area (Å²) in [5.41, 5.74) is 0.778. The summed E-state index contributed by atoms with van der Waals surface area (Å²) in [5, 5.41) is 5.44. The van der Waals surface area contributed by atoms with E-state index in [2.05, 4.69) is 10.6 Å². The van der Waals surface area contributed by atoms with Crippen LogP contribution in [0.1, 0.15) is 32.6 Å². The van der Waals surface area contributed by atoms with Crippen LogP contribution in [0.4, 0.5) is 10.5 Å². The minimum Gasteiger partial charge on any atom is -0.490 e. The van der Waals surface area contributed by atoms with Crippen LogP contribution in [0.25, 0.3) is 0 Å². The van der Waals surface area contributed by atoms with Crippen LogP contribution in [0.2, 0.25) is 0 Å². The second-order valence-corrected chi connectivity index (χ2v) is 4.53. The molecule has 0 bridgehead atoms. The second-order valence-electron chi connectivity index (χ2n) is 4.53. The van der Waals surface area contributed by atoms with Crippen molar-refractivity contribution in [1.29, 1.82) is 0 Å². The van der Waals surface area contributed by atoms with Crippen LogP contribution in [-0.4, -0.2) is 18.7 Å². The van der Waals surface area contributed by atoms with Crippen molar-refractivity contribution in [2.24, 2.45) is 0 Å². The predicted molar refractivity (Wildman–Crippen MR) is 72.0 cm³/mol. The van der Waals surface area contributed by atoms with Gasteiger partial charge in [0.25, 0.3) is 0 Å². The smallest absolute Gasteiger partial charge is 0.319 e. The first kappa shape index (κ1) is 12.7. The first-order valence-corrected chi connectivity index (χ1v) is 6.59. The summed E-state index contributed by atoms with van der Waals surface area (Å²) in [6, 6.07) is 7.35. The van der Waals surface area contributed by atoms with Crippen molar-refractivity contribution in [3.8, 4) is 5.75 Å². The maximum atomic E-state index is 11.3. The van der Waals surface area contributed by atoms with Crippen molar-refractivity contribution in [3.05, 3.63) is 24.3 Å². The van der Waals surface area contributed by atoms with Crippen molar-refractivity contribution in [2.75, 3.05) is 11.9 Å². The van der Waals surface area contributed by atoms with E-state index in [-0.39, 0.29) is 6.03 Å². The van der Waals surface area contributed by atoms with Gasteiger partial charge in [0.2, 0.25) is 0 Å². The number of urea groups is 1. The van der Waals surface area contributed by atoms with E-state index in [1.165, 1.54) is 12.8 Å². The second kappa shape index (κ2) is 6.28. The number of amides is 2. The maximum absolute atomic E-state index is 11.3. The fraction of sp³-hybridized carbons (Fsp3) is 0.500. The van der Waals surface area contributed by atoms with Gasteiger partial charge in [-0.3, -0.25) is 0 Å². The van der Waals surface area contributed by atoms with Crippen molar-refractivity contribution in [3.63, 3.8) is 0 Å². The molecule has 2 amide bonds. The van der Waals surface area contributed by atoms with Crippen LogP contribution in [0.15, 0.2) is 24.3 Å². The first-order valence-electron chi connectivity index (χ1n) is 6.59. The number of hydrogen-bond acceptors (Lipinski definition) is 2. The van der Waals surface area contributed by atoms with Gasteiger partial charge in [-0.1, -0.05) is 0 Å². The van der Waals surface area contributed by atoms with Gasteiger partial charge in [0, 0.05) is 12.2 Å². The predicted octanol–water partition coefficient (Wildman–Crippen LogP) is 3.15. The van der Waals surface area contributed by atoms with E-state index in [1.54, 1.807) is 0 Å². The van der Waals surface area contributed by atoms with Gasteiger partial charge in [-0.25, -0.2) is 4.79 Å². The van der Waals surface area contributed by atoms with E-state index >= 15 is 0 Å². The van der Waals surface area contributed by atoms with Gasteiger partial charge in [0.1, 0.15) is 5.75 Å². The molecule has 0 radical (unpaired) electrons. The Morgan fingerprint density at radius 3 is 2.56 bits per heavy atom. The van der Waals surface area contributed by atoms with Crippen LogP contribution in [0.5, 0.6) is 5.75 Å². The SMILES string of the molecule is CCNC(=O)Nc1ccc(OC2CCCC2)cc1. The summed E-state index contributed by atoms with van der Waals surface area (Å²) in [6.07, 6.45) is 5.20.